The molecule has 0 bridgehead atoms. The Balaban J connectivity index is 1.79. The molecule has 0 radical (unpaired) electrons. The van der Waals surface area contributed by atoms with E-state index >= 15 is 0 Å². The third kappa shape index (κ3) is 5.08. The number of likely N-dealkylation sites (tertiary alicyclic amines) is 1. The Bertz CT molecular complexity index is 553. The van der Waals surface area contributed by atoms with Gasteiger partial charge in [-0.05, 0) is 57.9 Å². The fourth-order valence-corrected chi connectivity index (χ4v) is 2.91. The van der Waals surface area contributed by atoms with Crippen molar-refractivity contribution in [1.29, 1.82) is 0 Å². The highest BCUT2D eigenvalue weighted by atomic mass is 35.5. The minimum absolute atomic E-state index is 0.160. The van der Waals surface area contributed by atoms with Crippen LogP contribution in [-0.4, -0.2) is 42.6 Å². The molecule has 1 aliphatic heterocycles. The van der Waals surface area contributed by atoms with Gasteiger partial charge in [0.2, 0.25) is 0 Å². The van der Waals surface area contributed by atoms with Crippen molar-refractivity contribution in [3.8, 4) is 5.75 Å². The summed E-state index contributed by atoms with van der Waals surface area (Å²) < 4.78 is 18.5. The number of amides is 1. The average Bonchev–Trinajstić information content (AvgIpc) is 2.96. The zero-order chi connectivity index (χ0) is 17.0. The molecular weight excluding hydrogens is 319 g/mol. The molecule has 1 N–H and O–H groups in total. The van der Waals surface area contributed by atoms with Crippen molar-refractivity contribution in [2.24, 2.45) is 5.92 Å². The van der Waals surface area contributed by atoms with Gasteiger partial charge in [0.05, 0.1) is 5.02 Å². The molecule has 0 unspecified atom stereocenters. The Labute approximate surface area is 141 Å². The van der Waals surface area contributed by atoms with Crippen LogP contribution < -0.4 is 10.1 Å². The summed E-state index contributed by atoms with van der Waals surface area (Å²) in [6.07, 6.45) is 0.415. The van der Waals surface area contributed by atoms with Gasteiger partial charge in [-0.2, -0.15) is 0 Å². The third-order valence-electron chi connectivity index (χ3n) is 4.18. The summed E-state index contributed by atoms with van der Waals surface area (Å²) in [6, 6.07) is 4.39. The lowest BCUT2D eigenvalue weighted by Crippen LogP contribution is -2.39. The molecule has 1 aromatic rings. The Kier molecular flexibility index (Phi) is 6.25. The lowest BCUT2D eigenvalue weighted by Gasteiger charge is -2.21. The van der Waals surface area contributed by atoms with Crippen LogP contribution in [0.25, 0.3) is 0 Å². The second-order valence-electron chi connectivity index (χ2n) is 6.32. The molecular formula is C17H24ClFN2O2. The summed E-state index contributed by atoms with van der Waals surface area (Å²) in [6.45, 7) is 8.76. The van der Waals surface area contributed by atoms with Crippen molar-refractivity contribution < 1.29 is 13.9 Å². The number of nitrogens with zero attached hydrogens (tertiary/aromatic N) is 1. The van der Waals surface area contributed by atoms with E-state index in [1.54, 1.807) is 6.92 Å². The van der Waals surface area contributed by atoms with Crippen LogP contribution in [0.5, 0.6) is 5.75 Å². The molecule has 23 heavy (non-hydrogen) atoms. The molecule has 0 aromatic heterocycles. The minimum Gasteiger partial charge on any atom is -0.479 e. The number of nitrogens with one attached hydrogen (secondary N) is 1. The maximum absolute atomic E-state index is 13.0. The van der Waals surface area contributed by atoms with Gasteiger partial charge in [0.1, 0.15) is 11.6 Å². The molecule has 1 aliphatic rings. The van der Waals surface area contributed by atoms with E-state index in [9.17, 15) is 9.18 Å². The summed E-state index contributed by atoms with van der Waals surface area (Å²) in [7, 11) is 0. The monoisotopic (exact) mass is 342 g/mol. The van der Waals surface area contributed by atoms with E-state index < -0.39 is 11.9 Å². The zero-order valence-corrected chi connectivity index (χ0v) is 14.6. The molecule has 2 atom stereocenters. The van der Waals surface area contributed by atoms with Crippen molar-refractivity contribution in [3.05, 3.63) is 29.0 Å². The molecule has 1 aromatic carbocycles. The predicted octanol–water partition coefficient (Wildman–Crippen LogP) is 3.09. The highest BCUT2D eigenvalue weighted by Gasteiger charge is 2.25. The first-order valence-corrected chi connectivity index (χ1v) is 8.38. The fourth-order valence-electron chi connectivity index (χ4n) is 2.70. The number of benzene rings is 1. The van der Waals surface area contributed by atoms with Gasteiger partial charge >= 0.3 is 0 Å². The second kappa shape index (κ2) is 7.97. The minimum atomic E-state index is -0.680. The quantitative estimate of drug-likeness (QED) is 0.863. The van der Waals surface area contributed by atoms with Gasteiger partial charge in [0.25, 0.3) is 5.91 Å². The van der Waals surface area contributed by atoms with E-state index in [4.69, 9.17) is 16.3 Å². The predicted molar refractivity (Wildman–Crippen MR) is 89.3 cm³/mol. The van der Waals surface area contributed by atoms with E-state index in [-0.39, 0.29) is 10.9 Å². The van der Waals surface area contributed by atoms with E-state index in [1.165, 1.54) is 18.2 Å². The van der Waals surface area contributed by atoms with Gasteiger partial charge in [0, 0.05) is 19.1 Å². The Morgan fingerprint density at radius 3 is 2.83 bits per heavy atom. The molecule has 0 spiro atoms. The molecule has 0 aliphatic carbocycles. The number of hydrogen-bond acceptors (Lipinski definition) is 3. The number of carbonyl (C=O) groups excluding carboxylic acids is 1. The lowest BCUT2D eigenvalue weighted by molar-refractivity contribution is -0.127. The van der Waals surface area contributed by atoms with Crippen LogP contribution in [0.3, 0.4) is 0 Å². The van der Waals surface area contributed by atoms with Crippen LogP contribution in [0, 0.1) is 11.7 Å². The number of halogens is 2. The largest absolute Gasteiger partial charge is 0.479 e. The molecule has 0 saturated carbocycles. The van der Waals surface area contributed by atoms with Crippen LogP contribution >= 0.6 is 11.6 Å². The number of carbonyl (C=O) groups is 1. The molecule has 1 heterocycles. The maximum atomic E-state index is 13.0. The molecule has 6 heteroatoms. The highest BCUT2D eigenvalue weighted by molar-refractivity contribution is 6.32. The molecule has 4 nitrogen and oxygen atoms in total. The molecule has 1 amide bonds. The van der Waals surface area contributed by atoms with Crippen molar-refractivity contribution in [2.75, 3.05) is 19.6 Å². The smallest absolute Gasteiger partial charge is 0.260 e. The van der Waals surface area contributed by atoms with Crippen molar-refractivity contribution in [3.63, 3.8) is 0 Å². The second-order valence-corrected chi connectivity index (χ2v) is 6.73. The van der Waals surface area contributed by atoms with Gasteiger partial charge in [-0.25, -0.2) is 4.39 Å². The first-order valence-electron chi connectivity index (χ1n) is 8.00. The van der Waals surface area contributed by atoms with Crippen LogP contribution in [-0.2, 0) is 4.79 Å². The Hall–Kier alpha value is -1.33. The van der Waals surface area contributed by atoms with Gasteiger partial charge in [0.15, 0.2) is 6.10 Å². The Morgan fingerprint density at radius 2 is 2.22 bits per heavy atom. The topological polar surface area (TPSA) is 41.6 Å². The number of rotatable bonds is 6. The molecule has 1 fully saturated rings. The van der Waals surface area contributed by atoms with Crippen molar-refractivity contribution in [2.45, 2.75) is 39.3 Å². The fraction of sp³-hybridized carbons (Fsp3) is 0.588. The lowest BCUT2D eigenvalue weighted by atomic mass is 10.1. The van der Waals surface area contributed by atoms with Crippen molar-refractivity contribution in [1.82, 2.24) is 10.2 Å². The zero-order valence-electron chi connectivity index (χ0n) is 13.8. The SMILES string of the molecule is CC(C)N1CC[C@H](CNC(=O)[C@@H](C)Oc2ccc(F)cc2Cl)C1. The Morgan fingerprint density at radius 1 is 1.48 bits per heavy atom. The summed E-state index contributed by atoms with van der Waals surface area (Å²) in [5.74, 6) is 0.161. The van der Waals surface area contributed by atoms with Crippen LogP contribution in [0.1, 0.15) is 27.2 Å². The summed E-state index contributed by atoms with van der Waals surface area (Å²) in [5.41, 5.74) is 0. The van der Waals surface area contributed by atoms with Gasteiger partial charge in [-0.1, -0.05) is 11.6 Å². The van der Waals surface area contributed by atoms with Crippen LogP contribution in [0.4, 0.5) is 4.39 Å². The number of hydrogen-bond donors (Lipinski definition) is 1. The van der Waals surface area contributed by atoms with Crippen LogP contribution in [0.2, 0.25) is 5.02 Å². The highest BCUT2D eigenvalue weighted by Crippen LogP contribution is 2.26. The molecule has 1 saturated heterocycles. The van der Waals surface area contributed by atoms with Crippen LogP contribution in [0.15, 0.2) is 18.2 Å². The summed E-state index contributed by atoms with van der Waals surface area (Å²) in [5, 5.41) is 3.09. The maximum Gasteiger partial charge on any atom is 0.260 e. The first kappa shape index (κ1) is 18.0. The van der Waals surface area contributed by atoms with E-state index in [1.807, 2.05) is 0 Å². The van der Waals surface area contributed by atoms with Crippen molar-refractivity contribution >= 4 is 17.5 Å². The molecule has 2 rings (SSSR count). The summed E-state index contributed by atoms with van der Waals surface area (Å²) in [4.78, 5) is 14.5. The van der Waals surface area contributed by atoms with Gasteiger partial charge < -0.3 is 15.0 Å². The van der Waals surface area contributed by atoms with E-state index in [2.05, 4.69) is 24.1 Å². The molecule has 128 valence electrons. The first-order chi connectivity index (χ1) is 10.9. The van der Waals surface area contributed by atoms with Gasteiger partial charge in [-0.15, -0.1) is 0 Å². The third-order valence-corrected chi connectivity index (χ3v) is 4.47. The summed E-state index contributed by atoms with van der Waals surface area (Å²) >= 11 is 5.90. The van der Waals surface area contributed by atoms with E-state index in [0.29, 0.717) is 24.3 Å². The van der Waals surface area contributed by atoms with Gasteiger partial charge in [-0.3, -0.25) is 4.79 Å². The van der Waals surface area contributed by atoms with E-state index in [0.717, 1.165) is 19.5 Å². The average molecular weight is 343 g/mol. The standard InChI is InChI=1S/C17H24ClFN2O2/c1-11(2)21-7-6-13(10-21)9-20-17(22)12(3)23-16-5-4-14(19)8-15(16)18/h4-5,8,11-13H,6-7,9-10H2,1-3H3,(H,20,22)/t12-,13-/m1/s1. The number of ether oxygens (including phenoxy) is 1. The normalized spacial score (nSPS) is 19.8.